The van der Waals surface area contributed by atoms with E-state index in [-0.39, 0.29) is 12.4 Å². The van der Waals surface area contributed by atoms with Crippen molar-refractivity contribution in [3.05, 3.63) is 29.3 Å². The molecule has 0 unspecified atom stereocenters. The van der Waals surface area contributed by atoms with E-state index < -0.39 is 0 Å². The van der Waals surface area contributed by atoms with Gasteiger partial charge in [0.05, 0.1) is 0 Å². The first kappa shape index (κ1) is 9.74. The molecule has 13 heavy (non-hydrogen) atoms. The molecule has 0 aliphatic rings. The summed E-state index contributed by atoms with van der Waals surface area (Å²) in [6, 6.07) is 5.38. The van der Waals surface area contributed by atoms with Crippen molar-refractivity contribution in [1.82, 2.24) is 0 Å². The number of nitrogens with two attached hydrogens (primary N) is 1. The zero-order valence-corrected chi connectivity index (χ0v) is 7.83. The standard InChI is InChI=1S/C10H13NO2/c1-7-3-4-9(11)8(5-7)10(12)6-13-2/h3-5H,6,11H2,1-2H3. The molecular formula is C10H13NO2. The third-order valence-corrected chi connectivity index (χ3v) is 1.78. The number of rotatable bonds is 3. The van der Waals surface area contributed by atoms with Gasteiger partial charge >= 0.3 is 0 Å². The Morgan fingerprint density at radius 2 is 2.23 bits per heavy atom. The first-order chi connectivity index (χ1) is 6.15. The summed E-state index contributed by atoms with van der Waals surface area (Å²) in [7, 11) is 1.49. The molecule has 0 bridgehead atoms. The minimum absolute atomic E-state index is 0.0770. The lowest BCUT2D eigenvalue weighted by molar-refractivity contribution is 0.0849. The highest BCUT2D eigenvalue weighted by atomic mass is 16.5. The Morgan fingerprint density at radius 3 is 2.85 bits per heavy atom. The number of hydrogen-bond acceptors (Lipinski definition) is 3. The van der Waals surface area contributed by atoms with Gasteiger partial charge in [-0.15, -0.1) is 0 Å². The van der Waals surface area contributed by atoms with Crippen molar-refractivity contribution in [3.63, 3.8) is 0 Å². The van der Waals surface area contributed by atoms with Crippen LogP contribution in [-0.4, -0.2) is 19.5 Å². The maximum atomic E-state index is 11.4. The van der Waals surface area contributed by atoms with Crippen molar-refractivity contribution >= 4 is 11.5 Å². The molecule has 3 nitrogen and oxygen atoms in total. The number of anilines is 1. The average Bonchev–Trinajstić information content (AvgIpc) is 2.09. The lowest BCUT2D eigenvalue weighted by Gasteiger charge is -2.04. The van der Waals surface area contributed by atoms with Crippen molar-refractivity contribution in [3.8, 4) is 0 Å². The van der Waals surface area contributed by atoms with E-state index in [1.54, 1.807) is 12.1 Å². The summed E-state index contributed by atoms with van der Waals surface area (Å²) in [5.41, 5.74) is 7.72. The van der Waals surface area contributed by atoms with E-state index in [1.807, 2.05) is 13.0 Å². The van der Waals surface area contributed by atoms with Gasteiger partial charge in [-0.25, -0.2) is 0 Å². The van der Waals surface area contributed by atoms with Crippen LogP contribution in [0.3, 0.4) is 0 Å². The van der Waals surface area contributed by atoms with Gasteiger partial charge in [-0.05, 0) is 19.1 Å². The first-order valence-corrected chi connectivity index (χ1v) is 4.03. The topological polar surface area (TPSA) is 52.3 Å². The van der Waals surface area contributed by atoms with Gasteiger partial charge in [0.1, 0.15) is 6.61 Å². The van der Waals surface area contributed by atoms with Gasteiger partial charge in [-0.1, -0.05) is 11.6 Å². The van der Waals surface area contributed by atoms with Crippen LogP contribution < -0.4 is 5.73 Å². The van der Waals surface area contributed by atoms with E-state index in [0.717, 1.165) is 5.56 Å². The Balaban J connectivity index is 2.99. The summed E-state index contributed by atoms with van der Waals surface area (Å²) < 4.78 is 4.75. The molecule has 70 valence electrons. The van der Waals surface area contributed by atoms with E-state index in [4.69, 9.17) is 10.5 Å². The molecule has 1 aromatic carbocycles. The number of ketones is 1. The molecule has 0 aliphatic heterocycles. The molecule has 0 saturated heterocycles. The number of carbonyl (C=O) groups is 1. The monoisotopic (exact) mass is 179 g/mol. The number of hydrogen-bond donors (Lipinski definition) is 1. The zero-order chi connectivity index (χ0) is 9.84. The summed E-state index contributed by atoms with van der Waals surface area (Å²) in [5, 5.41) is 0. The predicted octanol–water partition coefficient (Wildman–Crippen LogP) is 1.41. The maximum absolute atomic E-state index is 11.4. The Morgan fingerprint density at radius 1 is 1.54 bits per heavy atom. The predicted molar refractivity (Wildman–Crippen MR) is 51.8 cm³/mol. The van der Waals surface area contributed by atoms with Gasteiger partial charge in [0.2, 0.25) is 0 Å². The van der Waals surface area contributed by atoms with Crippen LogP contribution in [0.1, 0.15) is 15.9 Å². The molecule has 0 radical (unpaired) electrons. The largest absolute Gasteiger partial charge is 0.398 e. The molecule has 0 atom stereocenters. The average molecular weight is 179 g/mol. The van der Waals surface area contributed by atoms with Crippen LogP contribution in [0.25, 0.3) is 0 Å². The lowest BCUT2D eigenvalue weighted by atomic mass is 10.1. The zero-order valence-electron chi connectivity index (χ0n) is 7.83. The number of Topliss-reactive ketones (excluding diaryl/α,β-unsaturated/α-hetero) is 1. The molecule has 0 heterocycles. The second-order valence-corrected chi connectivity index (χ2v) is 2.95. The fourth-order valence-electron chi connectivity index (χ4n) is 1.12. The van der Waals surface area contributed by atoms with Gasteiger partial charge < -0.3 is 10.5 Å². The molecular weight excluding hydrogens is 166 g/mol. The van der Waals surface area contributed by atoms with E-state index in [2.05, 4.69) is 0 Å². The highest BCUT2D eigenvalue weighted by molar-refractivity contribution is 6.01. The van der Waals surface area contributed by atoms with Crippen molar-refractivity contribution in [2.24, 2.45) is 0 Å². The van der Waals surface area contributed by atoms with E-state index >= 15 is 0 Å². The molecule has 0 fully saturated rings. The lowest BCUT2D eigenvalue weighted by Crippen LogP contribution is -2.09. The number of benzene rings is 1. The van der Waals surface area contributed by atoms with Crippen molar-refractivity contribution in [1.29, 1.82) is 0 Å². The summed E-state index contributed by atoms with van der Waals surface area (Å²) in [6.07, 6.45) is 0. The van der Waals surface area contributed by atoms with Gasteiger partial charge in [0, 0.05) is 18.4 Å². The van der Waals surface area contributed by atoms with Crippen molar-refractivity contribution in [2.45, 2.75) is 6.92 Å². The quantitative estimate of drug-likeness (QED) is 0.563. The second-order valence-electron chi connectivity index (χ2n) is 2.95. The number of aryl methyl sites for hydroxylation is 1. The number of methoxy groups -OCH3 is 1. The molecule has 0 aliphatic carbocycles. The van der Waals surface area contributed by atoms with Gasteiger partial charge in [-0.3, -0.25) is 4.79 Å². The number of ether oxygens (including phenoxy) is 1. The molecule has 1 rings (SSSR count). The molecule has 0 amide bonds. The third kappa shape index (κ3) is 2.29. The summed E-state index contributed by atoms with van der Waals surface area (Å²) >= 11 is 0. The number of carbonyl (C=O) groups excluding carboxylic acids is 1. The van der Waals surface area contributed by atoms with Crippen LogP contribution in [0, 0.1) is 6.92 Å². The number of nitrogen functional groups attached to an aromatic ring is 1. The van der Waals surface area contributed by atoms with E-state index in [0.29, 0.717) is 11.3 Å². The fourth-order valence-corrected chi connectivity index (χ4v) is 1.12. The van der Waals surface area contributed by atoms with E-state index in [1.165, 1.54) is 7.11 Å². The highest BCUT2D eigenvalue weighted by Gasteiger charge is 2.08. The Labute approximate surface area is 77.5 Å². The fraction of sp³-hybridized carbons (Fsp3) is 0.300. The maximum Gasteiger partial charge on any atom is 0.190 e. The SMILES string of the molecule is COCC(=O)c1cc(C)ccc1N. The first-order valence-electron chi connectivity index (χ1n) is 4.03. The van der Waals surface area contributed by atoms with Crippen LogP contribution in [-0.2, 0) is 4.74 Å². The van der Waals surface area contributed by atoms with Crippen molar-refractivity contribution in [2.75, 3.05) is 19.5 Å². The minimum Gasteiger partial charge on any atom is -0.398 e. The second kappa shape index (κ2) is 4.05. The molecule has 3 heteroatoms. The third-order valence-electron chi connectivity index (χ3n) is 1.78. The van der Waals surface area contributed by atoms with E-state index in [9.17, 15) is 4.79 Å². The van der Waals surface area contributed by atoms with Crippen LogP contribution in [0.4, 0.5) is 5.69 Å². The molecule has 0 spiro atoms. The molecule has 1 aromatic rings. The van der Waals surface area contributed by atoms with Crippen LogP contribution in [0.2, 0.25) is 0 Å². The van der Waals surface area contributed by atoms with Crippen LogP contribution >= 0.6 is 0 Å². The minimum atomic E-state index is -0.0799. The van der Waals surface area contributed by atoms with Crippen molar-refractivity contribution < 1.29 is 9.53 Å². The summed E-state index contributed by atoms with van der Waals surface area (Å²) in [6.45, 7) is 2.00. The smallest absolute Gasteiger partial charge is 0.190 e. The molecule has 0 aromatic heterocycles. The Kier molecular flexibility index (Phi) is 3.03. The normalized spacial score (nSPS) is 10.0. The Bertz CT molecular complexity index is 321. The summed E-state index contributed by atoms with van der Waals surface area (Å²) in [5.74, 6) is -0.0799. The van der Waals surface area contributed by atoms with Gasteiger partial charge in [-0.2, -0.15) is 0 Å². The van der Waals surface area contributed by atoms with Crippen LogP contribution in [0.15, 0.2) is 18.2 Å². The van der Waals surface area contributed by atoms with Crippen LogP contribution in [0.5, 0.6) is 0 Å². The van der Waals surface area contributed by atoms with Gasteiger partial charge in [0.25, 0.3) is 0 Å². The summed E-state index contributed by atoms with van der Waals surface area (Å²) in [4.78, 5) is 11.4. The molecule has 2 N–H and O–H groups in total. The molecule has 0 saturated carbocycles. The van der Waals surface area contributed by atoms with Gasteiger partial charge in [0.15, 0.2) is 5.78 Å². The Hall–Kier alpha value is -1.35. The highest BCUT2D eigenvalue weighted by Crippen LogP contribution is 2.14.